The minimum absolute atomic E-state index is 0.105. The fourth-order valence-corrected chi connectivity index (χ4v) is 4.68. The Morgan fingerprint density at radius 1 is 0.970 bits per heavy atom. The molecule has 11 heteroatoms. The van der Waals surface area contributed by atoms with E-state index in [9.17, 15) is 26.4 Å². The summed E-state index contributed by atoms with van der Waals surface area (Å²) in [6.07, 6.45) is -4.72. The maximum absolute atomic E-state index is 13.3. The maximum atomic E-state index is 13.3. The van der Waals surface area contributed by atoms with Gasteiger partial charge in [0.15, 0.2) is 0 Å². The number of rotatable bonds is 6. The van der Waals surface area contributed by atoms with Crippen LogP contribution in [0.5, 0.6) is 0 Å². The number of halogens is 5. The zero-order chi connectivity index (χ0) is 24.4. The lowest BCUT2D eigenvalue weighted by molar-refractivity contribution is -0.137. The number of benzene rings is 3. The van der Waals surface area contributed by atoms with E-state index in [0.29, 0.717) is 11.1 Å². The van der Waals surface area contributed by atoms with E-state index < -0.39 is 39.2 Å². The molecular formula is C22H17Cl2F3N2O3S. The van der Waals surface area contributed by atoms with Gasteiger partial charge in [0.1, 0.15) is 6.54 Å². The summed E-state index contributed by atoms with van der Waals surface area (Å²) in [6, 6.07) is 14.7. The summed E-state index contributed by atoms with van der Waals surface area (Å²) in [5.41, 5.74) is -0.221. The number of carbonyl (C=O) groups excluding carboxylic acids is 1. The maximum Gasteiger partial charge on any atom is 0.417 e. The van der Waals surface area contributed by atoms with Crippen LogP contribution in [0.25, 0.3) is 0 Å². The van der Waals surface area contributed by atoms with Gasteiger partial charge in [0.2, 0.25) is 5.91 Å². The highest BCUT2D eigenvalue weighted by Gasteiger charge is 2.33. The first-order valence-corrected chi connectivity index (χ1v) is 11.6. The first-order chi connectivity index (χ1) is 15.4. The van der Waals surface area contributed by atoms with Gasteiger partial charge in [-0.15, -0.1) is 0 Å². The minimum atomic E-state index is -4.72. The van der Waals surface area contributed by atoms with E-state index in [2.05, 4.69) is 5.32 Å². The third kappa shape index (κ3) is 5.98. The Labute approximate surface area is 198 Å². The van der Waals surface area contributed by atoms with E-state index in [4.69, 9.17) is 23.2 Å². The molecule has 33 heavy (non-hydrogen) atoms. The van der Waals surface area contributed by atoms with Crippen molar-refractivity contribution in [3.63, 3.8) is 0 Å². The van der Waals surface area contributed by atoms with Crippen molar-refractivity contribution in [3.8, 4) is 0 Å². The van der Waals surface area contributed by atoms with E-state index in [1.807, 2.05) is 6.92 Å². The van der Waals surface area contributed by atoms with Gasteiger partial charge in [0, 0.05) is 10.7 Å². The summed E-state index contributed by atoms with van der Waals surface area (Å²) in [5, 5.41) is 2.11. The Kier molecular flexibility index (Phi) is 7.26. The average Bonchev–Trinajstić information content (AvgIpc) is 2.73. The standard InChI is InChI=1S/C22H17Cl2F3N2O3S/c1-14-2-7-17(8-3-14)29(33(31,32)18-9-4-15(23)5-10-18)13-21(30)28-16-6-11-20(24)19(12-16)22(25,26)27/h2-12H,13H2,1H3,(H,28,30). The Bertz CT molecular complexity index is 1260. The fraction of sp³-hybridized carbons (Fsp3) is 0.136. The number of sulfonamides is 1. The molecule has 1 N–H and O–H groups in total. The molecule has 0 unspecified atom stereocenters. The van der Waals surface area contributed by atoms with Crippen LogP contribution in [0.3, 0.4) is 0 Å². The van der Waals surface area contributed by atoms with Crippen molar-refractivity contribution in [2.24, 2.45) is 0 Å². The molecule has 5 nitrogen and oxygen atoms in total. The minimum Gasteiger partial charge on any atom is -0.324 e. The van der Waals surface area contributed by atoms with Crippen LogP contribution in [-0.2, 0) is 21.0 Å². The van der Waals surface area contributed by atoms with Gasteiger partial charge < -0.3 is 5.32 Å². The van der Waals surface area contributed by atoms with Crippen molar-refractivity contribution in [2.45, 2.75) is 18.0 Å². The quantitative estimate of drug-likeness (QED) is 0.426. The molecule has 0 aliphatic carbocycles. The molecule has 0 saturated heterocycles. The van der Waals surface area contributed by atoms with Crippen molar-refractivity contribution < 1.29 is 26.4 Å². The molecule has 3 aromatic carbocycles. The number of amides is 1. The van der Waals surface area contributed by atoms with Gasteiger partial charge in [-0.1, -0.05) is 40.9 Å². The van der Waals surface area contributed by atoms with Crippen molar-refractivity contribution >= 4 is 50.5 Å². The Hall–Kier alpha value is -2.75. The van der Waals surface area contributed by atoms with Gasteiger partial charge in [-0.25, -0.2) is 8.42 Å². The van der Waals surface area contributed by atoms with Crippen LogP contribution in [-0.4, -0.2) is 20.9 Å². The third-order valence-corrected chi connectivity index (χ3v) is 6.94. The number of hydrogen-bond acceptors (Lipinski definition) is 3. The molecule has 0 fully saturated rings. The number of anilines is 2. The normalized spacial score (nSPS) is 11.8. The van der Waals surface area contributed by atoms with E-state index >= 15 is 0 Å². The van der Waals surface area contributed by atoms with E-state index in [-0.39, 0.29) is 16.3 Å². The first-order valence-electron chi connectivity index (χ1n) is 9.39. The summed E-state index contributed by atoms with van der Waals surface area (Å²) in [4.78, 5) is 12.6. The number of hydrogen-bond donors (Lipinski definition) is 1. The van der Waals surface area contributed by atoms with Gasteiger partial charge in [0.05, 0.1) is 21.2 Å². The van der Waals surface area contributed by atoms with Gasteiger partial charge in [0.25, 0.3) is 10.0 Å². The van der Waals surface area contributed by atoms with Crippen molar-refractivity contribution in [1.82, 2.24) is 0 Å². The molecule has 0 aliphatic rings. The van der Waals surface area contributed by atoms with Crippen LogP contribution in [0.15, 0.2) is 71.6 Å². The van der Waals surface area contributed by atoms with Gasteiger partial charge in [-0.2, -0.15) is 13.2 Å². The third-order valence-electron chi connectivity index (χ3n) is 4.57. The highest BCUT2D eigenvalue weighted by Crippen LogP contribution is 2.36. The molecule has 0 aromatic heterocycles. The van der Waals surface area contributed by atoms with E-state index in [0.717, 1.165) is 15.9 Å². The number of nitrogens with one attached hydrogen (secondary N) is 1. The van der Waals surface area contributed by atoms with Crippen LogP contribution in [0.4, 0.5) is 24.5 Å². The molecule has 0 radical (unpaired) electrons. The molecule has 0 spiro atoms. The molecule has 0 aliphatic heterocycles. The molecule has 0 heterocycles. The molecule has 174 valence electrons. The molecule has 0 saturated carbocycles. The summed E-state index contributed by atoms with van der Waals surface area (Å²) in [7, 11) is -4.20. The summed E-state index contributed by atoms with van der Waals surface area (Å²) < 4.78 is 66.8. The predicted molar refractivity (Wildman–Crippen MR) is 122 cm³/mol. The number of aryl methyl sites for hydroxylation is 1. The average molecular weight is 517 g/mol. The molecular weight excluding hydrogens is 500 g/mol. The Morgan fingerprint density at radius 3 is 2.15 bits per heavy atom. The largest absolute Gasteiger partial charge is 0.417 e. The lowest BCUT2D eigenvalue weighted by Crippen LogP contribution is -2.38. The second-order valence-corrected chi connectivity index (χ2v) is 9.75. The van der Waals surface area contributed by atoms with Crippen LogP contribution in [0, 0.1) is 6.92 Å². The van der Waals surface area contributed by atoms with Crippen LogP contribution in [0.2, 0.25) is 10.0 Å². The lowest BCUT2D eigenvalue weighted by Gasteiger charge is -2.24. The monoisotopic (exact) mass is 516 g/mol. The summed E-state index contributed by atoms with van der Waals surface area (Å²) in [6.45, 7) is 1.13. The topological polar surface area (TPSA) is 66.5 Å². The van der Waals surface area contributed by atoms with Crippen LogP contribution >= 0.6 is 23.2 Å². The van der Waals surface area contributed by atoms with E-state index in [1.165, 1.54) is 42.5 Å². The number of alkyl halides is 3. The fourth-order valence-electron chi connectivity index (χ4n) is 2.91. The van der Waals surface area contributed by atoms with Gasteiger partial charge >= 0.3 is 6.18 Å². The van der Waals surface area contributed by atoms with Gasteiger partial charge in [-0.3, -0.25) is 9.10 Å². The second-order valence-electron chi connectivity index (χ2n) is 7.04. The van der Waals surface area contributed by atoms with Crippen LogP contribution < -0.4 is 9.62 Å². The number of carbonyl (C=O) groups is 1. The smallest absolute Gasteiger partial charge is 0.324 e. The molecule has 3 aromatic rings. The zero-order valence-corrected chi connectivity index (χ0v) is 19.4. The first kappa shape index (κ1) is 24.9. The van der Waals surface area contributed by atoms with Crippen molar-refractivity contribution in [2.75, 3.05) is 16.2 Å². The molecule has 3 rings (SSSR count). The Balaban J connectivity index is 1.93. The van der Waals surface area contributed by atoms with Crippen LogP contribution in [0.1, 0.15) is 11.1 Å². The Morgan fingerprint density at radius 2 is 1.58 bits per heavy atom. The molecule has 1 amide bonds. The summed E-state index contributed by atoms with van der Waals surface area (Å²) in [5.74, 6) is -0.844. The van der Waals surface area contributed by atoms with Crippen molar-refractivity contribution in [1.29, 1.82) is 0 Å². The summed E-state index contributed by atoms with van der Waals surface area (Å²) >= 11 is 11.4. The number of nitrogens with zero attached hydrogens (tertiary/aromatic N) is 1. The SMILES string of the molecule is Cc1ccc(N(CC(=O)Nc2ccc(Cl)c(C(F)(F)F)c2)S(=O)(=O)c2ccc(Cl)cc2)cc1. The molecule has 0 bridgehead atoms. The van der Waals surface area contributed by atoms with Crippen molar-refractivity contribution in [3.05, 3.63) is 87.9 Å². The predicted octanol–water partition coefficient (Wildman–Crippen LogP) is 6.15. The zero-order valence-electron chi connectivity index (χ0n) is 17.0. The molecule has 0 atom stereocenters. The lowest BCUT2D eigenvalue weighted by atomic mass is 10.2. The highest BCUT2D eigenvalue weighted by molar-refractivity contribution is 7.92. The highest BCUT2D eigenvalue weighted by atomic mass is 35.5. The van der Waals surface area contributed by atoms with Gasteiger partial charge in [-0.05, 0) is 61.5 Å². The van der Waals surface area contributed by atoms with E-state index in [1.54, 1.807) is 12.1 Å². The second kappa shape index (κ2) is 9.62.